The van der Waals surface area contributed by atoms with Crippen molar-refractivity contribution in [3.8, 4) is 33.3 Å². The summed E-state index contributed by atoms with van der Waals surface area (Å²) in [5, 5.41) is 36.1. The van der Waals surface area contributed by atoms with E-state index in [1.165, 1.54) is 12.1 Å². The van der Waals surface area contributed by atoms with Crippen molar-refractivity contribution < 1.29 is 29.1 Å². The minimum absolute atomic E-state index is 0.0339. The van der Waals surface area contributed by atoms with Crippen LogP contribution >= 0.6 is 11.3 Å². The number of ether oxygens (including phenoxy) is 1. The summed E-state index contributed by atoms with van der Waals surface area (Å²) in [5.74, 6) is 1.88. The molecule has 7 aromatic rings. The van der Waals surface area contributed by atoms with Gasteiger partial charge < -0.3 is 59.7 Å². The average molecular weight is 1230 g/mol. The van der Waals surface area contributed by atoms with E-state index in [1.54, 1.807) is 28.4 Å². The summed E-state index contributed by atoms with van der Waals surface area (Å²) in [6.45, 7) is 20.6. The van der Waals surface area contributed by atoms with Crippen molar-refractivity contribution >= 4 is 52.9 Å². The van der Waals surface area contributed by atoms with Crippen LogP contribution in [0.4, 0.5) is 23.0 Å². The number of carbonyl (C=O) groups excluding carboxylic acids is 2. The molecular weight excluding hydrogens is 1140 g/mol. The Kier molecular flexibility index (Phi) is 20.2. The number of likely N-dealkylation sites (tertiary alicyclic amines) is 2. The van der Waals surface area contributed by atoms with Gasteiger partial charge in [-0.15, -0.1) is 21.5 Å². The van der Waals surface area contributed by atoms with Gasteiger partial charge in [0.1, 0.15) is 23.8 Å². The number of anilines is 4. The molecule has 5 aromatic heterocycles. The molecule has 5 unspecified atom stereocenters. The highest BCUT2D eigenvalue weighted by molar-refractivity contribution is 7.13. The second kappa shape index (κ2) is 28.7. The van der Waals surface area contributed by atoms with Crippen LogP contribution in [-0.4, -0.2) is 156 Å². The number of fused-ring (bicyclic) bond motifs is 2. The van der Waals surface area contributed by atoms with Crippen LogP contribution in [0.1, 0.15) is 139 Å². The number of thiazole rings is 1. The first kappa shape index (κ1) is 62.6. The van der Waals surface area contributed by atoms with Gasteiger partial charge in [0.2, 0.25) is 17.7 Å². The van der Waals surface area contributed by atoms with Crippen LogP contribution in [-0.2, 0) is 16.1 Å². The molecule has 2 aromatic carbocycles. The molecule has 0 spiro atoms. The molecular formula is C67H87N15O6S. The number of phenolic OH excluding ortho intramolecular Hbond substituents is 1. The van der Waals surface area contributed by atoms with Crippen molar-refractivity contribution in [2.24, 2.45) is 10.9 Å². The van der Waals surface area contributed by atoms with Gasteiger partial charge in [-0.1, -0.05) is 55.4 Å². The number of para-hydroxylation sites is 1. The Labute approximate surface area is 526 Å². The fourth-order valence-electron chi connectivity index (χ4n) is 13.3. The highest BCUT2D eigenvalue weighted by atomic mass is 32.1. The van der Waals surface area contributed by atoms with Crippen molar-refractivity contribution in [3.05, 3.63) is 120 Å². The van der Waals surface area contributed by atoms with Gasteiger partial charge in [-0.05, 0) is 139 Å². The number of piperidine rings is 2. The summed E-state index contributed by atoms with van der Waals surface area (Å²) in [5.41, 5.74) is 15.7. The number of rotatable bonds is 17. The van der Waals surface area contributed by atoms with Crippen LogP contribution in [0.25, 0.3) is 21.7 Å². The Hall–Kier alpha value is -7.95. The summed E-state index contributed by atoms with van der Waals surface area (Å²) in [6, 6.07) is 23.9. The maximum Gasteiger partial charge on any atom is 0.243 e. The summed E-state index contributed by atoms with van der Waals surface area (Å²) in [6.07, 6.45) is 16.9. The number of hydrogen-bond donors (Lipinski definition) is 4. The second-order valence-corrected chi connectivity index (χ2v) is 25.8. The molecule has 6 aliphatic rings. The zero-order chi connectivity index (χ0) is 62.1. The molecule has 1 aliphatic carbocycles. The summed E-state index contributed by atoms with van der Waals surface area (Å²) < 4.78 is 14.2. The van der Waals surface area contributed by atoms with Crippen molar-refractivity contribution in [2.45, 2.75) is 160 Å². The number of aliphatic hydroxyl groups is 1. The Bertz CT molecular complexity index is 3470. The maximum atomic E-state index is 14.2. The third-order valence-electron chi connectivity index (χ3n) is 18.6. The molecule has 5 atom stereocenters. The number of benzene rings is 2. The van der Waals surface area contributed by atoms with E-state index in [1.807, 2.05) is 89.1 Å². The van der Waals surface area contributed by atoms with E-state index in [-0.39, 0.29) is 35.6 Å². The Morgan fingerprint density at radius 2 is 1.60 bits per heavy atom. The number of nitrogens with zero attached hydrogens (tertiary/aromatic N) is 13. The van der Waals surface area contributed by atoms with Gasteiger partial charge in [0, 0.05) is 113 Å². The van der Waals surface area contributed by atoms with Crippen LogP contribution in [0.15, 0.2) is 107 Å². The van der Waals surface area contributed by atoms with Gasteiger partial charge in [-0.3, -0.25) is 14.5 Å². The molecule has 21 nitrogen and oxygen atoms in total. The van der Waals surface area contributed by atoms with Gasteiger partial charge in [-0.2, -0.15) is 0 Å². The van der Waals surface area contributed by atoms with Gasteiger partial charge in [-0.25, -0.2) is 15.0 Å². The number of aromatic nitrogens is 7. The zero-order valence-corrected chi connectivity index (χ0v) is 52.9. The molecule has 13 rings (SSSR count). The Balaban J connectivity index is 0.000000188. The van der Waals surface area contributed by atoms with Crippen LogP contribution in [0, 0.1) is 12.8 Å². The molecule has 10 heterocycles. The first-order valence-corrected chi connectivity index (χ1v) is 32.8. The molecule has 0 radical (unpaired) electrons. The topological polar surface area (TPSA) is 246 Å². The van der Waals surface area contributed by atoms with Crippen molar-refractivity contribution in [1.82, 2.24) is 50.0 Å². The van der Waals surface area contributed by atoms with Gasteiger partial charge in [0.05, 0.1) is 51.6 Å². The number of piperazine rings is 1. The van der Waals surface area contributed by atoms with Crippen LogP contribution < -0.4 is 30.5 Å². The highest BCUT2D eigenvalue weighted by Gasteiger charge is 2.43. The summed E-state index contributed by atoms with van der Waals surface area (Å²) >= 11 is 1.62. The Morgan fingerprint density at radius 1 is 0.854 bits per heavy atom. The van der Waals surface area contributed by atoms with Crippen molar-refractivity contribution in [2.75, 3.05) is 72.8 Å². The largest absolute Gasteiger partial charge is 0.507 e. The fraction of sp³-hybridized carbons (Fsp3) is 0.507. The van der Waals surface area contributed by atoms with Gasteiger partial charge in [0.15, 0.2) is 17.4 Å². The number of aliphatic imine (C=N–C) groups is 1. The molecule has 89 heavy (non-hydrogen) atoms. The van der Waals surface area contributed by atoms with Crippen LogP contribution in [0.2, 0.25) is 0 Å². The lowest BCUT2D eigenvalue weighted by Gasteiger charge is -2.43. The molecule has 22 heteroatoms. The highest BCUT2D eigenvalue weighted by Crippen LogP contribution is 2.41. The normalized spacial score (nSPS) is 20.5. The van der Waals surface area contributed by atoms with E-state index in [0.717, 1.165) is 155 Å². The predicted octanol–water partition coefficient (Wildman–Crippen LogP) is 10.0. The van der Waals surface area contributed by atoms with E-state index in [0.29, 0.717) is 60.0 Å². The lowest BCUT2D eigenvalue weighted by molar-refractivity contribution is -0.141. The van der Waals surface area contributed by atoms with E-state index >= 15 is 0 Å². The first-order valence-electron chi connectivity index (χ1n) is 32.0. The maximum absolute atomic E-state index is 14.2. The fourth-order valence-corrected chi connectivity index (χ4v) is 14.1. The minimum Gasteiger partial charge on any atom is -0.507 e. The number of phenols is 1. The second-order valence-electron chi connectivity index (χ2n) is 24.9. The number of nitrogens with one attached hydrogen (secondary N) is 1. The number of amides is 2. The third-order valence-corrected chi connectivity index (χ3v) is 19.5. The third kappa shape index (κ3) is 14.7. The Morgan fingerprint density at radius 3 is 2.27 bits per heavy atom. The SMILES string of the molecule is C=NCC.Cc1ncsc1-c1ccc(C(C)NC(=O)C2CCCN2C(=O)C(c2cc(N3CCC(n4cnc(CN5CCC(O)CC5)c4)CC3)no2)C(C)C)cc1.Nc1nnc(-c2ccccc2O)cc1N1CC2CCC(C1)N2c1ccnc(OC2CCC2)c1. The molecule has 1 saturated carbocycles. The quantitative estimate of drug-likeness (QED) is 0.0619. The summed E-state index contributed by atoms with van der Waals surface area (Å²) in [7, 11) is 0. The number of aryl methyl sites for hydroxylation is 1. The summed E-state index contributed by atoms with van der Waals surface area (Å²) in [4.78, 5) is 57.1. The van der Waals surface area contributed by atoms with Gasteiger partial charge >= 0.3 is 0 Å². The molecule has 5 N–H and O–H groups in total. The number of hydrogen-bond acceptors (Lipinski definition) is 19. The van der Waals surface area contributed by atoms with Crippen LogP contribution in [0.5, 0.6) is 11.6 Å². The molecule has 6 fully saturated rings. The van der Waals surface area contributed by atoms with Crippen molar-refractivity contribution in [1.29, 1.82) is 0 Å². The molecule has 2 amide bonds. The standard InChI is InChI=1S/C39H52N8O4S.C25H28N6O2.C3H7N/c1-25(2)36(39(50)47-15-5-6-33(47)38(49)42-26(3)28-7-9-29(10-8-28)37-27(4)41-24-52-37)34-20-35(43-51-34)45-18-11-31(12-19-45)46-22-30(40-23-46)21-44-16-13-32(48)14-17-44;26-25-22(13-21(28-29-25)20-6-1-2-7-23(20)32)30-14-17-8-9-18(15-30)31(17)16-10-11-27-24(12-16)33-19-4-3-5-19;1-3-4-2/h7-10,20,22-26,31-33,36,48H,5-6,11-19,21H2,1-4H3,(H,42,49);1-2,6-7,10-13,17-19,32H,3-5,8-9,14-15H2,(H2,26,29);2-3H2,1H3. The van der Waals surface area contributed by atoms with E-state index in [4.69, 9.17) is 15.0 Å². The monoisotopic (exact) mass is 1230 g/mol. The zero-order valence-electron chi connectivity index (χ0n) is 52.1. The van der Waals surface area contributed by atoms with Gasteiger partial charge in [0.25, 0.3) is 0 Å². The predicted molar refractivity (Wildman–Crippen MR) is 349 cm³/mol. The number of nitrogen functional groups attached to an aromatic ring is 1. The average Bonchev–Trinajstić information content (AvgIpc) is 1.98. The smallest absolute Gasteiger partial charge is 0.243 e. The minimum atomic E-state index is -0.528. The number of aromatic hydroxyl groups is 1. The molecule has 5 saturated heterocycles. The molecule has 5 aliphatic heterocycles. The van der Waals surface area contributed by atoms with E-state index in [2.05, 4.69) is 102 Å². The number of carbonyl (C=O) groups is 2. The van der Waals surface area contributed by atoms with E-state index < -0.39 is 12.0 Å². The number of imidazole rings is 1. The van der Waals surface area contributed by atoms with E-state index in [9.17, 15) is 19.8 Å². The number of aliphatic hydroxyl groups excluding tert-OH is 1. The number of nitrogens with two attached hydrogens (primary N) is 1. The lowest BCUT2D eigenvalue weighted by Crippen LogP contribution is -2.54. The first-order chi connectivity index (χ1) is 43.2. The molecule has 2 bridgehead atoms. The number of pyridine rings is 1. The van der Waals surface area contributed by atoms with Crippen LogP contribution in [0.3, 0.4) is 0 Å². The molecule has 472 valence electrons. The van der Waals surface area contributed by atoms with Crippen molar-refractivity contribution in [3.63, 3.8) is 0 Å². The lowest BCUT2D eigenvalue weighted by atomic mass is 9.91.